The van der Waals surface area contributed by atoms with Crippen LogP contribution in [0.15, 0.2) is 24.3 Å². The summed E-state index contributed by atoms with van der Waals surface area (Å²) < 4.78 is 9.06. The van der Waals surface area contributed by atoms with Gasteiger partial charge in [0.25, 0.3) is 0 Å². The van der Waals surface area contributed by atoms with Crippen molar-refractivity contribution >= 4 is 40.8 Å². The number of primary amides is 1. The minimum absolute atomic E-state index is 0.0462. The second kappa shape index (κ2) is 6.31. The van der Waals surface area contributed by atoms with Crippen molar-refractivity contribution < 1.29 is 14.3 Å². The molecule has 0 unspecified atom stereocenters. The minimum Gasteiger partial charge on any atom is -0.455 e. The molecule has 2 amide bonds. The summed E-state index contributed by atoms with van der Waals surface area (Å²) in [6.07, 6.45) is 0. The maximum absolute atomic E-state index is 11.8. The Balaban J connectivity index is 1.95. The van der Waals surface area contributed by atoms with E-state index in [-0.39, 0.29) is 6.61 Å². The fourth-order valence-corrected chi connectivity index (χ4v) is 1.93. The number of rotatable bonds is 4. The first-order valence-electron chi connectivity index (χ1n) is 5.36. The van der Waals surface area contributed by atoms with E-state index in [1.807, 2.05) is 0 Å². The van der Waals surface area contributed by atoms with Crippen molar-refractivity contribution in [2.24, 2.45) is 5.73 Å². The molecule has 0 aliphatic rings. The second-order valence-electron chi connectivity index (χ2n) is 3.64. The molecule has 0 aliphatic heterocycles. The number of anilines is 1. The zero-order chi connectivity index (χ0) is 14.5. The van der Waals surface area contributed by atoms with Gasteiger partial charge in [0.1, 0.15) is 16.6 Å². The Hall–Kier alpha value is -2.19. The van der Waals surface area contributed by atoms with Crippen LogP contribution in [0.25, 0.3) is 0 Å². The molecule has 0 atom stereocenters. The third kappa shape index (κ3) is 3.65. The van der Waals surface area contributed by atoms with Gasteiger partial charge in [-0.1, -0.05) is 16.1 Å². The Labute approximate surface area is 122 Å². The van der Waals surface area contributed by atoms with E-state index in [0.29, 0.717) is 21.3 Å². The summed E-state index contributed by atoms with van der Waals surface area (Å²) in [7, 11) is 0. The summed E-state index contributed by atoms with van der Waals surface area (Å²) in [4.78, 5) is 22.4. The van der Waals surface area contributed by atoms with Gasteiger partial charge >= 0.3 is 12.0 Å². The van der Waals surface area contributed by atoms with E-state index in [9.17, 15) is 9.59 Å². The topological polar surface area (TPSA) is 107 Å². The third-order valence-corrected chi connectivity index (χ3v) is 3.22. The Morgan fingerprint density at radius 2 is 2.05 bits per heavy atom. The average molecular weight is 313 g/mol. The molecule has 20 heavy (non-hydrogen) atoms. The van der Waals surface area contributed by atoms with E-state index >= 15 is 0 Å². The molecule has 1 aromatic heterocycles. The van der Waals surface area contributed by atoms with E-state index in [1.54, 1.807) is 12.1 Å². The molecule has 0 saturated heterocycles. The number of nitrogens with one attached hydrogen (secondary N) is 1. The normalized spacial score (nSPS) is 10.1. The summed E-state index contributed by atoms with van der Waals surface area (Å²) in [6, 6.07) is 5.42. The highest BCUT2D eigenvalue weighted by molar-refractivity contribution is 7.10. The molecule has 0 saturated carbocycles. The number of halogens is 1. The summed E-state index contributed by atoms with van der Waals surface area (Å²) in [5.74, 6) is -0.528. The standard InChI is InChI=1S/C11H9ClN4O3S/c12-9-8(15-16-20-9)5-19-10(17)6-1-3-7(4-2-6)14-11(13)18/h1-4H,5H2,(H3,13,14,18). The molecule has 1 aromatic carbocycles. The van der Waals surface area contributed by atoms with Crippen molar-refractivity contribution in [2.75, 3.05) is 5.32 Å². The van der Waals surface area contributed by atoms with E-state index in [1.165, 1.54) is 12.1 Å². The van der Waals surface area contributed by atoms with Crippen molar-refractivity contribution in [1.82, 2.24) is 9.59 Å². The van der Waals surface area contributed by atoms with Gasteiger partial charge in [-0.05, 0) is 24.3 Å². The first-order chi connectivity index (χ1) is 9.56. The van der Waals surface area contributed by atoms with Gasteiger partial charge in [-0.15, -0.1) is 5.10 Å². The number of aromatic nitrogens is 2. The quantitative estimate of drug-likeness (QED) is 0.840. The lowest BCUT2D eigenvalue weighted by molar-refractivity contribution is 0.0468. The predicted molar refractivity (Wildman–Crippen MR) is 73.7 cm³/mol. The Bertz CT molecular complexity index is 629. The minimum atomic E-state index is -0.675. The maximum Gasteiger partial charge on any atom is 0.338 e. The lowest BCUT2D eigenvalue weighted by Gasteiger charge is -2.05. The molecule has 7 nitrogen and oxygen atoms in total. The smallest absolute Gasteiger partial charge is 0.338 e. The largest absolute Gasteiger partial charge is 0.455 e. The molecule has 2 rings (SSSR count). The van der Waals surface area contributed by atoms with Crippen LogP contribution in [-0.4, -0.2) is 21.6 Å². The summed E-state index contributed by atoms with van der Waals surface area (Å²) in [6.45, 7) is -0.0462. The summed E-state index contributed by atoms with van der Waals surface area (Å²) in [5.41, 5.74) is 6.21. The third-order valence-electron chi connectivity index (χ3n) is 2.24. The van der Waals surface area contributed by atoms with Crippen LogP contribution in [0.4, 0.5) is 10.5 Å². The van der Waals surface area contributed by atoms with E-state index < -0.39 is 12.0 Å². The van der Waals surface area contributed by atoms with Crippen molar-refractivity contribution in [3.63, 3.8) is 0 Å². The molecule has 3 N–H and O–H groups in total. The molecular formula is C11H9ClN4O3S. The highest BCUT2D eigenvalue weighted by Crippen LogP contribution is 2.18. The van der Waals surface area contributed by atoms with Crippen molar-refractivity contribution in [1.29, 1.82) is 0 Å². The van der Waals surface area contributed by atoms with Crippen LogP contribution < -0.4 is 11.1 Å². The first-order valence-corrected chi connectivity index (χ1v) is 6.52. The lowest BCUT2D eigenvalue weighted by Crippen LogP contribution is -2.19. The monoisotopic (exact) mass is 312 g/mol. The van der Waals surface area contributed by atoms with Crippen molar-refractivity contribution in [3.05, 3.63) is 39.9 Å². The molecule has 0 radical (unpaired) electrons. The number of carbonyl (C=O) groups is 2. The highest BCUT2D eigenvalue weighted by Gasteiger charge is 2.11. The van der Waals surface area contributed by atoms with Crippen molar-refractivity contribution in [3.8, 4) is 0 Å². The van der Waals surface area contributed by atoms with Crippen LogP contribution in [0.5, 0.6) is 0 Å². The van der Waals surface area contributed by atoms with Crippen LogP contribution in [0.1, 0.15) is 16.1 Å². The number of benzene rings is 1. The SMILES string of the molecule is NC(=O)Nc1ccc(C(=O)OCc2nnsc2Cl)cc1. The zero-order valence-corrected chi connectivity index (χ0v) is 11.6. The number of amides is 2. The lowest BCUT2D eigenvalue weighted by atomic mass is 10.2. The maximum atomic E-state index is 11.8. The van der Waals surface area contributed by atoms with Gasteiger partial charge in [0.15, 0.2) is 0 Å². The van der Waals surface area contributed by atoms with Crippen LogP contribution in [0.3, 0.4) is 0 Å². The van der Waals surface area contributed by atoms with Gasteiger partial charge in [0.2, 0.25) is 0 Å². The molecule has 0 fully saturated rings. The van der Waals surface area contributed by atoms with Crippen LogP contribution in [0.2, 0.25) is 4.34 Å². The number of carbonyl (C=O) groups excluding carboxylic acids is 2. The number of urea groups is 1. The van der Waals surface area contributed by atoms with Gasteiger partial charge in [-0.3, -0.25) is 0 Å². The fraction of sp³-hybridized carbons (Fsp3) is 0.0909. The van der Waals surface area contributed by atoms with Crippen LogP contribution >= 0.6 is 23.1 Å². The van der Waals surface area contributed by atoms with E-state index in [2.05, 4.69) is 14.9 Å². The second-order valence-corrected chi connectivity index (χ2v) is 4.99. The zero-order valence-electron chi connectivity index (χ0n) is 10.00. The van der Waals surface area contributed by atoms with Crippen molar-refractivity contribution in [2.45, 2.75) is 6.61 Å². The predicted octanol–water partition coefficient (Wildman–Crippen LogP) is 2.04. The Kier molecular flexibility index (Phi) is 4.49. The number of esters is 1. The molecule has 2 aromatic rings. The number of hydrogen-bond donors (Lipinski definition) is 2. The molecule has 1 heterocycles. The molecule has 0 aliphatic carbocycles. The average Bonchev–Trinajstić information content (AvgIpc) is 2.82. The van der Waals surface area contributed by atoms with Crippen LogP contribution in [0, 0.1) is 0 Å². The Morgan fingerprint density at radius 1 is 1.35 bits per heavy atom. The first kappa shape index (κ1) is 14.2. The van der Waals surface area contributed by atoms with Crippen LogP contribution in [-0.2, 0) is 11.3 Å². The number of hydrogen-bond acceptors (Lipinski definition) is 6. The van der Waals surface area contributed by atoms with Gasteiger partial charge in [0, 0.05) is 17.2 Å². The van der Waals surface area contributed by atoms with Gasteiger partial charge in [-0.25, -0.2) is 9.59 Å². The summed E-state index contributed by atoms with van der Waals surface area (Å²) in [5, 5.41) is 6.11. The summed E-state index contributed by atoms with van der Waals surface area (Å²) >= 11 is 6.81. The van der Waals surface area contributed by atoms with Gasteiger partial charge in [-0.2, -0.15) is 0 Å². The molecular weight excluding hydrogens is 304 g/mol. The van der Waals surface area contributed by atoms with Gasteiger partial charge in [0.05, 0.1) is 5.56 Å². The molecule has 0 spiro atoms. The number of nitrogens with two attached hydrogens (primary N) is 1. The molecule has 104 valence electrons. The van der Waals surface area contributed by atoms with E-state index in [4.69, 9.17) is 22.1 Å². The molecule has 0 bridgehead atoms. The highest BCUT2D eigenvalue weighted by atomic mass is 35.5. The fourth-order valence-electron chi connectivity index (χ4n) is 1.33. The van der Waals surface area contributed by atoms with E-state index in [0.717, 1.165) is 11.5 Å². The number of ether oxygens (including phenoxy) is 1. The molecule has 9 heteroatoms. The number of nitrogens with zero attached hydrogens (tertiary/aromatic N) is 2. The Morgan fingerprint density at radius 3 is 2.60 bits per heavy atom. The van der Waals surface area contributed by atoms with Gasteiger partial charge < -0.3 is 15.8 Å².